The van der Waals surface area contributed by atoms with Crippen LogP contribution >= 0.6 is 11.8 Å². The Labute approximate surface area is 226 Å². The van der Waals surface area contributed by atoms with Gasteiger partial charge in [-0.1, -0.05) is 66.4 Å². The van der Waals surface area contributed by atoms with Crippen molar-refractivity contribution >= 4 is 21.8 Å². The van der Waals surface area contributed by atoms with Gasteiger partial charge in [0, 0.05) is 24.4 Å². The third kappa shape index (κ3) is 5.51. The van der Waals surface area contributed by atoms with Gasteiger partial charge >= 0.3 is 0 Å². The molecule has 38 heavy (non-hydrogen) atoms. The maximum atomic E-state index is 13.3. The Kier molecular flexibility index (Phi) is 7.90. The van der Waals surface area contributed by atoms with E-state index in [1.54, 1.807) is 42.1 Å². The summed E-state index contributed by atoms with van der Waals surface area (Å²) in [7, 11) is -3.66. The quantitative estimate of drug-likeness (QED) is 0.295. The molecule has 8 nitrogen and oxygen atoms in total. The molecule has 0 saturated carbocycles. The van der Waals surface area contributed by atoms with Crippen molar-refractivity contribution in [3.63, 3.8) is 0 Å². The van der Waals surface area contributed by atoms with Crippen molar-refractivity contribution in [1.82, 2.24) is 19.1 Å². The normalized spacial score (nSPS) is 15.2. The highest BCUT2D eigenvalue weighted by Crippen LogP contribution is 2.33. The van der Waals surface area contributed by atoms with Gasteiger partial charge in [-0.25, -0.2) is 8.42 Å². The fourth-order valence-corrected chi connectivity index (χ4v) is 6.78. The molecule has 1 aliphatic rings. The Morgan fingerprint density at radius 1 is 1.00 bits per heavy atom. The summed E-state index contributed by atoms with van der Waals surface area (Å²) < 4.78 is 35.5. The standard InChI is InChI=1S/C28H27N5O3S2/c1-21(24-6-3-2-4-7-24)33-27(30-31-28(33)37-20-23-12-10-22(19-29)11-13-23)25-8-5-9-26(18-25)38(34,35)32-14-16-36-17-15-32/h2-13,18,21H,14-17,20H2,1H3. The molecule has 3 aromatic carbocycles. The summed E-state index contributed by atoms with van der Waals surface area (Å²) in [4.78, 5) is 0.227. The Morgan fingerprint density at radius 3 is 2.45 bits per heavy atom. The average molecular weight is 546 g/mol. The van der Waals surface area contributed by atoms with Gasteiger partial charge in [0.05, 0.1) is 35.8 Å². The highest BCUT2D eigenvalue weighted by molar-refractivity contribution is 7.98. The van der Waals surface area contributed by atoms with Crippen LogP contribution in [0.5, 0.6) is 0 Å². The van der Waals surface area contributed by atoms with Crippen molar-refractivity contribution in [3.8, 4) is 17.5 Å². The predicted molar refractivity (Wildman–Crippen MR) is 146 cm³/mol. The smallest absolute Gasteiger partial charge is 0.243 e. The van der Waals surface area contributed by atoms with Gasteiger partial charge in [0.15, 0.2) is 11.0 Å². The van der Waals surface area contributed by atoms with Crippen LogP contribution in [0.25, 0.3) is 11.4 Å². The van der Waals surface area contributed by atoms with Crippen LogP contribution in [0.2, 0.25) is 0 Å². The maximum Gasteiger partial charge on any atom is 0.243 e. The topological polar surface area (TPSA) is 101 Å². The lowest BCUT2D eigenvalue weighted by Gasteiger charge is -2.26. The number of hydrogen-bond donors (Lipinski definition) is 0. The molecule has 1 aliphatic heterocycles. The molecule has 4 aromatic rings. The van der Waals surface area contributed by atoms with Gasteiger partial charge in [-0.05, 0) is 42.3 Å². The molecule has 5 rings (SSSR count). The van der Waals surface area contributed by atoms with Gasteiger partial charge in [0.1, 0.15) is 0 Å². The molecule has 1 atom stereocenters. The summed E-state index contributed by atoms with van der Waals surface area (Å²) in [6.45, 7) is 3.54. The Hall–Kier alpha value is -3.49. The molecule has 0 N–H and O–H groups in total. The van der Waals surface area contributed by atoms with Crippen LogP contribution in [0.15, 0.2) is 88.9 Å². The molecule has 0 radical (unpaired) electrons. The first-order chi connectivity index (χ1) is 18.5. The second-order valence-corrected chi connectivity index (χ2v) is 11.8. The number of nitriles is 1. The molecule has 0 bridgehead atoms. The number of morpholine rings is 1. The van der Waals surface area contributed by atoms with Gasteiger partial charge in [-0.2, -0.15) is 9.57 Å². The van der Waals surface area contributed by atoms with E-state index in [-0.39, 0.29) is 10.9 Å². The minimum atomic E-state index is -3.66. The number of rotatable bonds is 8. The lowest BCUT2D eigenvalue weighted by atomic mass is 10.1. The van der Waals surface area contributed by atoms with Crippen LogP contribution in [0.4, 0.5) is 0 Å². The lowest BCUT2D eigenvalue weighted by molar-refractivity contribution is 0.0730. The van der Waals surface area contributed by atoms with Crippen LogP contribution in [0.3, 0.4) is 0 Å². The van der Waals surface area contributed by atoms with Gasteiger partial charge in [-0.3, -0.25) is 4.57 Å². The van der Waals surface area contributed by atoms with E-state index < -0.39 is 10.0 Å². The first-order valence-electron chi connectivity index (χ1n) is 12.3. The summed E-state index contributed by atoms with van der Waals surface area (Å²) in [6, 6.07) is 26.5. The van der Waals surface area contributed by atoms with Crippen molar-refractivity contribution in [3.05, 3.63) is 95.6 Å². The fourth-order valence-electron chi connectivity index (χ4n) is 4.36. The monoisotopic (exact) mass is 545 g/mol. The Morgan fingerprint density at radius 2 is 1.74 bits per heavy atom. The van der Waals surface area contributed by atoms with Crippen molar-refractivity contribution in [2.75, 3.05) is 26.3 Å². The Balaban J connectivity index is 1.51. The summed E-state index contributed by atoms with van der Waals surface area (Å²) in [5, 5.41) is 18.8. The van der Waals surface area contributed by atoms with Crippen molar-refractivity contribution < 1.29 is 13.2 Å². The van der Waals surface area contributed by atoms with Gasteiger partial charge in [0.2, 0.25) is 10.0 Å². The van der Waals surface area contributed by atoms with E-state index >= 15 is 0 Å². The average Bonchev–Trinajstić information content (AvgIpc) is 3.41. The van der Waals surface area contributed by atoms with Crippen LogP contribution in [-0.4, -0.2) is 53.8 Å². The maximum absolute atomic E-state index is 13.3. The third-order valence-corrected chi connectivity index (χ3v) is 9.39. The summed E-state index contributed by atoms with van der Waals surface area (Å²) in [5.74, 6) is 1.25. The number of thioether (sulfide) groups is 1. The van der Waals surface area contributed by atoms with Crippen LogP contribution < -0.4 is 0 Å². The zero-order valence-electron chi connectivity index (χ0n) is 20.9. The van der Waals surface area contributed by atoms with Crippen LogP contribution in [0.1, 0.15) is 29.7 Å². The molecule has 194 valence electrons. The molecule has 0 aliphatic carbocycles. The van der Waals surface area contributed by atoms with E-state index in [0.29, 0.717) is 49.0 Å². The first kappa shape index (κ1) is 26.1. The summed E-state index contributed by atoms with van der Waals surface area (Å²) in [5.41, 5.74) is 3.45. The fraction of sp³-hybridized carbons (Fsp3) is 0.250. The molecule has 1 unspecified atom stereocenters. The summed E-state index contributed by atoms with van der Waals surface area (Å²) >= 11 is 1.55. The number of aromatic nitrogens is 3. The van der Waals surface area contributed by atoms with E-state index in [2.05, 4.69) is 39.9 Å². The minimum absolute atomic E-state index is 0.0934. The second-order valence-electron chi connectivity index (χ2n) is 8.90. The lowest BCUT2D eigenvalue weighted by Crippen LogP contribution is -2.40. The Bertz CT molecular complexity index is 1540. The molecule has 2 heterocycles. The van der Waals surface area contributed by atoms with Gasteiger partial charge in [0.25, 0.3) is 0 Å². The van der Waals surface area contributed by atoms with E-state index in [0.717, 1.165) is 16.3 Å². The first-order valence-corrected chi connectivity index (χ1v) is 14.7. The largest absolute Gasteiger partial charge is 0.379 e. The second kappa shape index (κ2) is 11.5. The van der Waals surface area contributed by atoms with E-state index in [4.69, 9.17) is 10.00 Å². The highest BCUT2D eigenvalue weighted by atomic mass is 32.2. The van der Waals surface area contributed by atoms with E-state index in [1.165, 1.54) is 4.31 Å². The molecular weight excluding hydrogens is 518 g/mol. The zero-order chi connectivity index (χ0) is 26.5. The molecule has 1 fully saturated rings. The molecule has 0 amide bonds. The zero-order valence-corrected chi connectivity index (χ0v) is 22.5. The summed E-state index contributed by atoms with van der Waals surface area (Å²) in [6.07, 6.45) is 0. The highest BCUT2D eigenvalue weighted by Gasteiger charge is 2.27. The molecule has 0 spiro atoms. The molecule has 1 aromatic heterocycles. The molecular formula is C28H27N5O3S2. The number of sulfonamides is 1. The number of benzene rings is 3. The minimum Gasteiger partial charge on any atom is -0.379 e. The van der Waals surface area contributed by atoms with Crippen LogP contribution in [0, 0.1) is 11.3 Å². The number of hydrogen-bond acceptors (Lipinski definition) is 7. The molecule has 1 saturated heterocycles. The van der Waals surface area contributed by atoms with Gasteiger partial charge < -0.3 is 4.74 Å². The van der Waals surface area contributed by atoms with Crippen LogP contribution in [-0.2, 0) is 20.5 Å². The van der Waals surface area contributed by atoms with Gasteiger partial charge in [-0.15, -0.1) is 10.2 Å². The number of nitrogens with zero attached hydrogens (tertiary/aromatic N) is 5. The SMILES string of the molecule is CC(c1ccccc1)n1c(SCc2ccc(C#N)cc2)nnc1-c1cccc(S(=O)(=O)N2CCOCC2)c1. The van der Waals surface area contributed by atoms with E-state index in [9.17, 15) is 8.42 Å². The van der Waals surface area contributed by atoms with E-state index in [1.807, 2.05) is 36.4 Å². The molecule has 10 heteroatoms. The third-order valence-electron chi connectivity index (χ3n) is 6.48. The van der Waals surface area contributed by atoms with Crippen molar-refractivity contribution in [2.24, 2.45) is 0 Å². The van der Waals surface area contributed by atoms with Crippen molar-refractivity contribution in [2.45, 2.75) is 28.8 Å². The predicted octanol–water partition coefficient (Wildman–Crippen LogP) is 4.74. The van der Waals surface area contributed by atoms with Crippen molar-refractivity contribution in [1.29, 1.82) is 5.26 Å². The number of ether oxygens (including phenoxy) is 1.